The molecule has 2 rings (SSSR count). The van der Waals surface area contributed by atoms with Crippen LogP contribution in [0, 0.1) is 0 Å². The van der Waals surface area contributed by atoms with Crippen LogP contribution in [0.3, 0.4) is 0 Å². The van der Waals surface area contributed by atoms with Crippen LogP contribution in [0.1, 0.15) is 0 Å². The minimum absolute atomic E-state index is 0.0956. The van der Waals surface area contributed by atoms with E-state index in [1.165, 1.54) is 6.07 Å². The maximum Gasteiger partial charge on any atom is 0.128 e. The van der Waals surface area contributed by atoms with Gasteiger partial charge in [-0.2, -0.15) is 0 Å². The first-order valence-corrected chi connectivity index (χ1v) is 5.04. The second kappa shape index (κ2) is 3.80. The molecule has 0 aromatic heterocycles. The number of phenols is 1. The van der Waals surface area contributed by atoms with Crippen LogP contribution in [0.2, 0.25) is 10.0 Å². The van der Waals surface area contributed by atoms with Gasteiger partial charge in [0.15, 0.2) is 0 Å². The molecule has 0 saturated heterocycles. The lowest BCUT2D eigenvalue weighted by Gasteiger charge is -2.09. The molecule has 0 amide bonds. The highest BCUT2D eigenvalue weighted by Crippen LogP contribution is 2.40. The van der Waals surface area contributed by atoms with E-state index in [2.05, 4.69) is 0 Å². The van der Waals surface area contributed by atoms with Crippen molar-refractivity contribution in [3.05, 3.63) is 34.3 Å². The Morgan fingerprint density at radius 3 is 2.20 bits per heavy atom. The summed E-state index contributed by atoms with van der Waals surface area (Å²) in [5, 5.41) is 11.8. The average molecular weight is 243 g/mol. The Bertz CT molecular complexity index is 515. The van der Waals surface area contributed by atoms with Crippen LogP contribution in [-0.2, 0) is 0 Å². The minimum Gasteiger partial charge on any atom is -0.507 e. The number of phenolic OH excluding ortho intramolecular Hbond substituents is 1. The smallest absolute Gasteiger partial charge is 0.128 e. The van der Waals surface area contributed by atoms with Crippen LogP contribution in [0.4, 0.5) is 0 Å². The van der Waals surface area contributed by atoms with Gasteiger partial charge in [-0.15, -0.1) is 0 Å². The maximum absolute atomic E-state index is 9.70. The zero-order chi connectivity index (χ0) is 11.0. The third kappa shape index (κ3) is 1.60. The molecule has 4 heteroatoms. The van der Waals surface area contributed by atoms with E-state index < -0.39 is 0 Å². The van der Waals surface area contributed by atoms with Gasteiger partial charge in [0.05, 0.1) is 17.2 Å². The largest absolute Gasteiger partial charge is 0.507 e. The number of hydrogen-bond donors (Lipinski definition) is 1. The van der Waals surface area contributed by atoms with Crippen molar-refractivity contribution in [3.8, 4) is 11.5 Å². The number of methoxy groups -OCH3 is 1. The van der Waals surface area contributed by atoms with E-state index in [0.29, 0.717) is 26.6 Å². The maximum atomic E-state index is 9.70. The van der Waals surface area contributed by atoms with Gasteiger partial charge in [0, 0.05) is 10.8 Å². The van der Waals surface area contributed by atoms with E-state index in [1.54, 1.807) is 25.3 Å². The Kier molecular flexibility index (Phi) is 2.63. The Balaban J connectivity index is 2.99. The molecule has 0 aliphatic carbocycles. The second-order valence-electron chi connectivity index (χ2n) is 3.07. The summed E-state index contributed by atoms with van der Waals surface area (Å²) in [7, 11) is 1.54. The fourth-order valence-corrected chi connectivity index (χ4v) is 2.04. The number of aromatic hydroxyl groups is 1. The Hall–Kier alpha value is -1.12. The highest BCUT2D eigenvalue weighted by atomic mass is 35.5. The molecule has 1 N–H and O–H groups in total. The van der Waals surface area contributed by atoms with Crippen molar-refractivity contribution in [2.45, 2.75) is 0 Å². The summed E-state index contributed by atoms with van der Waals surface area (Å²) in [4.78, 5) is 0. The molecule has 0 spiro atoms. The lowest BCUT2D eigenvalue weighted by atomic mass is 10.1. The minimum atomic E-state index is 0.0956. The van der Waals surface area contributed by atoms with E-state index in [4.69, 9.17) is 27.9 Å². The van der Waals surface area contributed by atoms with Gasteiger partial charge in [-0.3, -0.25) is 0 Å². The lowest BCUT2D eigenvalue weighted by Crippen LogP contribution is -1.86. The molecule has 15 heavy (non-hydrogen) atoms. The first-order valence-electron chi connectivity index (χ1n) is 4.29. The van der Waals surface area contributed by atoms with Crippen molar-refractivity contribution < 1.29 is 9.84 Å². The van der Waals surface area contributed by atoms with Crippen LogP contribution >= 0.6 is 23.2 Å². The summed E-state index contributed by atoms with van der Waals surface area (Å²) in [5.74, 6) is 0.689. The monoisotopic (exact) mass is 242 g/mol. The van der Waals surface area contributed by atoms with Crippen LogP contribution in [0.15, 0.2) is 24.3 Å². The van der Waals surface area contributed by atoms with Crippen molar-refractivity contribution in [1.29, 1.82) is 0 Å². The molecule has 0 radical (unpaired) electrons. The highest BCUT2D eigenvalue weighted by Gasteiger charge is 2.12. The molecule has 2 aromatic carbocycles. The van der Waals surface area contributed by atoms with E-state index in [1.807, 2.05) is 0 Å². The molecule has 0 aliphatic heterocycles. The highest BCUT2D eigenvalue weighted by molar-refractivity contribution is 6.41. The fraction of sp³-hybridized carbons (Fsp3) is 0.0909. The van der Waals surface area contributed by atoms with Gasteiger partial charge >= 0.3 is 0 Å². The topological polar surface area (TPSA) is 29.5 Å². The van der Waals surface area contributed by atoms with Crippen molar-refractivity contribution in [2.75, 3.05) is 7.11 Å². The van der Waals surface area contributed by atoms with Crippen molar-refractivity contribution in [3.63, 3.8) is 0 Å². The zero-order valence-electron chi connectivity index (χ0n) is 7.92. The summed E-state index contributed by atoms with van der Waals surface area (Å²) >= 11 is 12.0. The number of rotatable bonds is 1. The Labute approximate surface area is 97.0 Å². The predicted molar refractivity (Wildman–Crippen MR) is 62.2 cm³/mol. The van der Waals surface area contributed by atoms with Gasteiger partial charge < -0.3 is 9.84 Å². The first-order chi connectivity index (χ1) is 7.15. The molecule has 0 heterocycles. The molecule has 0 aliphatic rings. The van der Waals surface area contributed by atoms with Crippen LogP contribution in [0.5, 0.6) is 11.5 Å². The van der Waals surface area contributed by atoms with Gasteiger partial charge in [0.25, 0.3) is 0 Å². The molecular weight excluding hydrogens is 235 g/mol. The van der Waals surface area contributed by atoms with Gasteiger partial charge in [0.1, 0.15) is 11.5 Å². The molecule has 2 aromatic rings. The van der Waals surface area contributed by atoms with Gasteiger partial charge in [0.2, 0.25) is 0 Å². The summed E-state index contributed by atoms with van der Waals surface area (Å²) in [6, 6.07) is 6.50. The predicted octanol–water partition coefficient (Wildman–Crippen LogP) is 3.86. The summed E-state index contributed by atoms with van der Waals surface area (Å²) in [6.45, 7) is 0. The van der Waals surface area contributed by atoms with E-state index in [-0.39, 0.29) is 5.75 Å². The number of ether oxygens (including phenoxy) is 1. The molecule has 0 fully saturated rings. The Morgan fingerprint density at radius 1 is 1.00 bits per heavy atom. The summed E-state index contributed by atoms with van der Waals surface area (Å²) in [6.07, 6.45) is 0. The summed E-state index contributed by atoms with van der Waals surface area (Å²) in [5.41, 5.74) is 0. The van der Waals surface area contributed by atoms with Crippen LogP contribution in [0.25, 0.3) is 10.8 Å². The van der Waals surface area contributed by atoms with Gasteiger partial charge in [-0.25, -0.2) is 0 Å². The average Bonchev–Trinajstić information content (AvgIpc) is 2.23. The van der Waals surface area contributed by atoms with E-state index in [0.717, 1.165) is 0 Å². The number of halogens is 2. The normalized spacial score (nSPS) is 10.6. The van der Waals surface area contributed by atoms with Crippen LogP contribution in [-0.4, -0.2) is 12.2 Å². The van der Waals surface area contributed by atoms with Crippen molar-refractivity contribution in [2.24, 2.45) is 0 Å². The Morgan fingerprint density at radius 2 is 1.60 bits per heavy atom. The van der Waals surface area contributed by atoms with Gasteiger partial charge in [-0.1, -0.05) is 23.2 Å². The molecule has 0 atom stereocenters. The number of benzene rings is 2. The quantitative estimate of drug-likeness (QED) is 0.823. The first kappa shape index (κ1) is 10.4. The van der Waals surface area contributed by atoms with Gasteiger partial charge in [-0.05, 0) is 24.3 Å². The standard InChI is InChI=1S/C11H8Cl2O2/c1-15-9-5-4-8(14)10-6(12)2-3-7(13)11(9)10/h2-5,14H,1H3. The third-order valence-electron chi connectivity index (χ3n) is 2.22. The van der Waals surface area contributed by atoms with Crippen molar-refractivity contribution >= 4 is 34.0 Å². The second-order valence-corrected chi connectivity index (χ2v) is 3.88. The molecule has 0 unspecified atom stereocenters. The number of hydrogen-bond acceptors (Lipinski definition) is 2. The third-order valence-corrected chi connectivity index (χ3v) is 2.85. The molecule has 2 nitrogen and oxygen atoms in total. The molecular formula is C11H8Cl2O2. The molecule has 0 bridgehead atoms. The van der Waals surface area contributed by atoms with E-state index >= 15 is 0 Å². The SMILES string of the molecule is COc1ccc(O)c2c(Cl)ccc(Cl)c12. The van der Waals surface area contributed by atoms with Crippen LogP contribution < -0.4 is 4.74 Å². The number of fused-ring (bicyclic) bond motifs is 1. The van der Waals surface area contributed by atoms with Crippen molar-refractivity contribution in [1.82, 2.24) is 0 Å². The molecule has 0 saturated carbocycles. The molecule has 78 valence electrons. The summed E-state index contributed by atoms with van der Waals surface area (Å²) < 4.78 is 5.16. The fourth-order valence-electron chi connectivity index (χ4n) is 1.53. The lowest BCUT2D eigenvalue weighted by molar-refractivity contribution is 0.418. The zero-order valence-corrected chi connectivity index (χ0v) is 9.43. The van der Waals surface area contributed by atoms with E-state index in [9.17, 15) is 5.11 Å².